The van der Waals surface area contributed by atoms with E-state index in [0.29, 0.717) is 45.2 Å². The molecule has 1 aromatic carbocycles. The highest BCUT2D eigenvalue weighted by Crippen LogP contribution is 2.32. The number of anilines is 2. The molecule has 0 bridgehead atoms. The predicted octanol–water partition coefficient (Wildman–Crippen LogP) is 3.98. The molecule has 1 aliphatic heterocycles. The lowest BCUT2D eigenvalue weighted by Gasteiger charge is -2.35. The molecule has 12 nitrogen and oxygen atoms in total. The Morgan fingerprint density at radius 3 is 2.40 bits per heavy atom. The first-order valence-corrected chi connectivity index (χ1v) is 14.4. The first kappa shape index (κ1) is 27.6. The van der Waals surface area contributed by atoms with E-state index >= 15 is 0 Å². The van der Waals surface area contributed by atoms with Gasteiger partial charge in [0.1, 0.15) is 29.3 Å². The Morgan fingerprint density at radius 2 is 1.62 bits per heavy atom. The van der Waals surface area contributed by atoms with Gasteiger partial charge in [0.05, 0.1) is 16.8 Å². The summed E-state index contributed by atoms with van der Waals surface area (Å²) in [6.45, 7) is 4.18. The molecule has 7 rings (SSSR count). The quantitative estimate of drug-likeness (QED) is 0.298. The topological polar surface area (TPSA) is 162 Å². The number of fused-ring (bicyclic) bond motifs is 1. The molecule has 6 aromatic rings. The van der Waals surface area contributed by atoms with E-state index in [1.807, 2.05) is 41.0 Å². The maximum Gasteiger partial charge on any atom is 0.234 e. The fraction of sp³-hybridized carbons (Fsp3) is 0.152. The summed E-state index contributed by atoms with van der Waals surface area (Å²) in [7, 11) is 0. The Kier molecular flexibility index (Phi) is 7.23. The third-order valence-electron chi connectivity index (χ3n) is 7.84. The van der Waals surface area contributed by atoms with Crippen molar-refractivity contribution in [1.29, 1.82) is 10.5 Å². The Hall–Kier alpha value is -6.24. The second-order valence-electron chi connectivity index (χ2n) is 10.6. The summed E-state index contributed by atoms with van der Waals surface area (Å²) >= 11 is 0. The zero-order valence-corrected chi connectivity index (χ0v) is 24.1. The average Bonchev–Trinajstić information content (AvgIpc) is 3.47. The summed E-state index contributed by atoms with van der Waals surface area (Å²) in [6.07, 6.45) is 6.48. The van der Waals surface area contributed by atoms with Crippen molar-refractivity contribution in [2.24, 2.45) is 0 Å². The van der Waals surface area contributed by atoms with Gasteiger partial charge in [0, 0.05) is 68.8 Å². The Labute approximate surface area is 258 Å². The fourth-order valence-electron chi connectivity index (χ4n) is 5.57. The standard InChI is InChI=1S/C33H26N12/c34-18-23-20-37-12-9-25(23)27-7-8-28-33(40-27)45(32(41-28)26-2-1-11-39-31(26)36)24-5-3-22(4-6-24)21-43-14-16-44(17-15-43)30-10-13-38-29(19-35)42-30/h1-13,20H,14-17,21H2,(H2,36,39). The number of nitrogens with zero attached hydrogens (tertiary/aromatic N) is 11. The molecule has 1 aliphatic rings. The van der Waals surface area contributed by atoms with Crippen molar-refractivity contribution in [2.45, 2.75) is 6.54 Å². The third-order valence-corrected chi connectivity index (χ3v) is 7.84. The van der Waals surface area contributed by atoms with Crippen molar-refractivity contribution in [2.75, 3.05) is 36.8 Å². The van der Waals surface area contributed by atoms with Gasteiger partial charge < -0.3 is 10.6 Å². The van der Waals surface area contributed by atoms with Crippen LogP contribution in [0.1, 0.15) is 17.0 Å². The van der Waals surface area contributed by atoms with Crippen molar-refractivity contribution in [3.63, 3.8) is 0 Å². The second-order valence-corrected chi connectivity index (χ2v) is 10.6. The molecule has 5 aromatic heterocycles. The molecule has 0 spiro atoms. The summed E-state index contributed by atoms with van der Waals surface area (Å²) < 4.78 is 1.99. The lowest BCUT2D eigenvalue weighted by Crippen LogP contribution is -2.46. The molecule has 12 heteroatoms. The van der Waals surface area contributed by atoms with Gasteiger partial charge in [0.15, 0.2) is 11.5 Å². The first-order chi connectivity index (χ1) is 22.1. The van der Waals surface area contributed by atoms with Gasteiger partial charge in [-0.25, -0.2) is 24.9 Å². The minimum Gasteiger partial charge on any atom is -0.383 e. The normalized spacial score (nSPS) is 13.4. The summed E-state index contributed by atoms with van der Waals surface area (Å²) in [6, 6.07) is 23.7. The van der Waals surface area contributed by atoms with Crippen LogP contribution in [0.15, 0.2) is 85.5 Å². The van der Waals surface area contributed by atoms with E-state index in [1.54, 1.807) is 30.9 Å². The summed E-state index contributed by atoms with van der Waals surface area (Å²) in [5.41, 5.74) is 12.2. The zero-order valence-electron chi connectivity index (χ0n) is 24.1. The van der Waals surface area contributed by atoms with E-state index in [9.17, 15) is 5.26 Å². The van der Waals surface area contributed by atoms with Crippen molar-refractivity contribution in [3.8, 4) is 40.5 Å². The number of imidazole rings is 1. The molecule has 0 amide bonds. The van der Waals surface area contributed by atoms with Crippen LogP contribution in [-0.2, 0) is 6.54 Å². The monoisotopic (exact) mass is 590 g/mol. The number of aromatic nitrogens is 7. The molecule has 0 saturated carbocycles. The Morgan fingerprint density at radius 1 is 0.778 bits per heavy atom. The summed E-state index contributed by atoms with van der Waals surface area (Å²) in [5, 5.41) is 18.8. The van der Waals surface area contributed by atoms with E-state index in [4.69, 9.17) is 21.0 Å². The van der Waals surface area contributed by atoms with Crippen LogP contribution >= 0.6 is 0 Å². The molecule has 0 aliphatic carbocycles. The maximum atomic E-state index is 9.66. The van der Waals surface area contributed by atoms with Crippen LogP contribution in [0.4, 0.5) is 11.6 Å². The first-order valence-electron chi connectivity index (χ1n) is 14.4. The fourth-order valence-corrected chi connectivity index (χ4v) is 5.57. The molecule has 6 heterocycles. The van der Waals surface area contributed by atoms with Gasteiger partial charge >= 0.3 is 0 Å². The minimum atomic E-state index is 0.186. The van der Waals surface area contributed by atoms with Crippen LogP contribution in [0, 0.1) is 22.7 Å². The van der Waals surface area contributed by atoms with E-state index in [2.05, 4.69) is 60.1 Å². The van der Waals surface area contributed by atoms with E-state index in [1.165, 1.54) is 5.56 Å². The number of hydrogen-bond donors (Lipinski definition) is 1. The van der Waals surface area contributed by atoms with Crippen LogP contribution in [0.25, 0.3) is 39.5 Å². The number of benzene rings is 1. The molecule has 1 fully saturated rings. The maximum absolute atomic E-state index is 9.66. The summed E-state index contributed by atoms with van der Waals surface area (Å²) in [4.78, 5) is 31.2. The van der Waals surface area contributed by atoms with Gasteiger partial charge in [-0.2, -0.15) is 10.5 Å². The Balaban J connectivity index is 1.19. The van der Waals surface area contributed by atoms with Gasteiger partial charge in [-0.1, -0.05) is 12.1 Å². The van der Waals surface area contributed by atoms with Gasteiger partial charge in [-0.15, -0.1) is 0 Å². The smallest absolute Gasteiger partial charge is 0.234 e. The van der Waals surface area contributed by atoms with Gasteiger partial charge in [-0.3, -0.25) is 14.5 Å². The highest BCUT2D eigenvalue weighted by molar-refractivity contribution is 5.85. The zero-order chi connectivity index (χ0) is 30.8. The molecule has 1 saturated heterocycles. The molecule has 0 atom stereocenters. The number of pyridine rings is 3. The van der Waals surface area contributed by atoms with Gasteiger partial charge in [0.2, 0.25) is 5.82 Å². The van der Waals surface area contributed by atoms with Crippen LogP contribution < -0.4 is 10.6 Å². The van der Waals surface area contributed by atoms with Gasteiger partial charge in [0.25, 0.3) is 0 Å². The number of rotatable bonds is 6. The van der Waals surface area contributed by atoms with Crippen LogP contribution in [0.5, 0.6) is 0 Å². The van der Waals surface area contributed by atoms with Crippen LogP contribution in [0.3, 0.4) is 0 Å². The number of nitrogen functional groups attached to an aromatic ring is 1. The lowest BCUT2D eigenvalue weighted by atomic mass is 10.1. The minimum absolute atomic E-state index is 0.186. The molecular weight excluding hydrogens is 564 g/mol. The average molecular weight is 591 g/mol. The SMILES string of the molecule is N#Cc1nccc(N2CCN(Cc3ccc(-n4c(-c5cccnc5N)nc5ccc(-c6ccncc6C#N)nc54)cc3)CC2)n1. The molecular formula is C33H26N12. The molecule has 2 N–H and O–H groups in total. The molecule has 218 valence electrons. The second kappa shape index (κ2) is 11.8. The van der Waals surface area contributed by atoms with Crippen molar-refractivity contribution < 1.29 is 0 Å². The molecule has 0 unspecified atom stereocenters. The Bertz CT molecular complexity index is 2100. The van der Waals surface area contributed by atoms with Gasteiger partial charge in [-0.05, 0) is 54.1 Å². The summed E-state index contributed by atoms with van der Waals surface area (Å²) in [5.74, 6) is 1.97. The van der Waals surface area contributed by atoms with Crippen molar-refractivity contribution >= 4 is 22.8 Å². The van der Waals surface area contributed by atoms with Crippen LogP contribution in [-0.4, -0.2) is 65.5 Å². The molecule has 45 heavy (non-hydrogen) atoms. The largest absolute Gasteiger partial charge is 0.383 e. The van der Waals surface area contributed by atoms with Crippen molar-refractivity contribution in [3.05, 3.63) is 102 Å². The van der Waals surface area contributed by atoms with E-state index in [-0.39, 0.29) is 5.82 Å². The number of piperazine rings is 1. The van der Waals surface area contributed by atoms with E-state index in [0.717, 1.165) is 44.2 Å². The third kappa shape index (κ3) is 5.38. The number of nitrogens with two attached hydrogens (primary N) is 1. The predicted molar refractivity (Wildman–Crippen MR) is 169 cm³/mol. The highest BCUT2D eigenvalue weighted by atomic mass is 15.3. The molecule has 0 radical (unpaired) electrons. The highest BCUT2D eigenvalue weighted by Gasteiger charge is 2.21. The van der Waals surface area contributed by atoms with Crippen LogP contribution in [0.2, 0.25) is 0 Å². The lowest BCUT2D eigenvalue weighted by molar-refractivity contribution is 0.249. The van der Waals surface area contributed by atoms with Crippen molar-refractivity contribution in [1.82, 2.24) is 39.4 Å². The number of nitriles is 2. The van der Waals surface area contributed by atoms with E-state index < -0.39 is 0 Å². The number of hydrogen-bond acceptors (Lipinski definition) is 11.